The highest BCUT2D eigenvalue weighted by molar-refractivity contribution is 8.00. The molecule has 1 fully saturated rings. The van der Waals surface area contributed by atoms with E-state index >= 15 is 0 Å². The van der Waals surface area contributed by atoms with Crippen LogP contribution in [-0.4, -0.2) is 43.8 Å². The summed E-state index contributed by atoms with van der Waals surface area (Å²) in [4.78, 5) is 13.0. The Morgan fingerprint density at radius 3 is 2.67 bits per heavy atom. The number of para-hydroxylation sites is 1. The number of rotatable bonds is 7. The minimum Gasteiger partial charge on any atom is -0.497 e. The van der Waals surface area contributed by atoms with Gasteiger partial charge in [-0.1, -0.05) is 18.2 Å². The Balaban J connectivity index is 1.48. The lowest BCUT2D eigenvalue weighted by Gasteiger charge is -2.25. The van der Waals surface area contributed by atoms with Gasteiger partial charge in [0.1, 0.15) is 23.5 Å². The molecule has 2 aromatic heterocycles. The minimum absolute atomic E-state index is 0.0784. The molecule has 3 heterocycles. The molecule has 5 rings (SSSR count). The third-order valence-corrected chi connectivity index (χ3v) is 6.65. The molecule has 9 nitrogen and oxygen atoms in total. The zero-order chi connectivity index (χ0) is 22.8. The number of hydrogen-bond acceptors (Lipinski definition) is 7. The van der Waals surface area contributed by atoms with Crippen molar-refractivity contribution in [1.29, 1.82) is 0 Å². The molecule has 1 unspecified atom stereocenters. The molecule has 33 heavy (non-hydrogen) atoms. The van der Waals surface area contributed by atoms with Crippen LogP contribution in [0.3, 0.4) is 0 Å². The summed E-state index contributed by atoms with van der Waals surface area (Å²) in [5, 5.41) is 15.7. The van der Waals surface area contributed by atoms with Gasteiger partial charge in [0.15, 0.2) is 5.82 Å². The molecule has 0 aliphatic carbocycles. The molecule has 1 aliphatic heterocycles. The molecule has 0 radical (unpaired) electrons. The zero-order valence-corrected chi connectivity index (χ0v) is 19.2. The number of H-pyrrole nitrogens is 2. The van der Waals surface area contributed by atoms with Gasteiger partial charge in [0, 0.05) is 11.1 Å². The van der Waals surface area contributed by atoms with E-state index in [2.05, 4.69) is 20.4 Å². The molecule has 0 spiro atoms. The predicted octanol–water partition coefficient (Wildman–Crippen LogP) is 3.83. The van der Waals surface area contributed by atoms with Crippen molar-refractivity contribution >= 4 is 29.9 Å². The monoisotopic (exact) mass is 480 g/mol. The van der Waals surface area contributed by atoms with E-state index in [1.165, 1.54) is 11.8 Å². The number of ether oxygens (including phenoxy) is 2. The van der Waals surface area contributed by atoms with Crippen LogP contribution in [0.4, 0.5) is 0 Å². The fourth-order valence-corrected chi connectivity index (χ4v) is 5.01. The number of benzene rings is 2. The van der Waals surface area contributed by atoms with E-state index in [1.54, 1.807) is 23.0 Å². The predicted molar refractivity (Wildman–Crippen MR) is 127 cm³/mol. The van der Waals surface area contributed by atoms with Crippen molar-refractivity contribution in [1.82, 2.24) is 25.1 Å². The fraction of sp³-hybridized carbons (Fsp3) is 0.182. The van der Waals surface area contributed by atoms with E-state index in [0.717, 1.165) is 22.6 Å². The molecule has 1 aliphatic rings. The highest BCUT2D eigenvalue weighted by atomic mass is 32.2. The van der Waals surface area contributed by atoms with Gasteiger partial charge in [0.05, 0.1) is 24.8 Å². The maximum absolute atomic E-state index is 13.0. The molecule has 4 aromatic rings. The van der Waals surface area contributed by atoms with Gasteiger partial charge < -0.3 is 9.47 Å². The van der Waals surface area contributed by atoms with Gasteiger partial charge in [-0.15, -0.1) is 11.8 Å². The molecular weight excluding hydrogens is 460 g/mol. The highest BCUT2D eigenvalue weighted by Crippen LogP contribution is 2.41. The summed E-state index contributed by atoms with van der Waals surface area (Å²) >= 11 is 6.98. The number of nitrogens with one attached hydrogen (secondary N) is 2. The summed E-state index contributed by atoms with van der Waals surface area (Å²) in [6.07, 6.45) is 1.74. The van der Waals surface area contributed by atoms with E-state index in [-0.39, 0.29) is 17.9 Å². The van der Waals surface area contributed by atoms with Crippen LogP contribution in [0.15, 0.2) is 60.8 Å². The smallest absolute Gasteiger partial charge is 0.252 e. The van der Waals surface area contributed by atoms with Crippen LogP contribution in [0.25, 0.3) is 11.3 Å². The summed E-state index contributed by atoms with van der Waals surface area (Å²) in [6.45, 7) is 0.148. The number of methoxy groups -OCH3 is 1. The zero-order valence-electron chi connectivity index (χ0n) is 17.6. The van der Waals surface area contributed by atoms with Crippen molar-refractivity contribution in [3.8, 4) is 22.8 Å². The first-order valence-corrected chi connectivity index (χ1v) is 11.6. The second kappa shape index (κ2) is 9.12. The lowest BCUT2D eigenvalue weighted by molar-refractivity contribution is -0.117. The van der Waals surface area contributed by atoms with Crippen molar-refractivity contribution in [3.05, 3.63) is 77.0 Å². The number of aromatic amines is 2. The summed E-state index contributed by atoms with van der Waals surface area (Å²) < 4.78 is 13.1. The lowest BCUT2D eigenvalue weighted by atomic mass is 10.1. The Hall–Kier alpha value is -3.57. The Morgan fingerprint density at radius 2 is 1.91 bits per heavy atom. The maximum Gasteiger partial charge on any atom is 0.252 e. The van der Waals surface area contributed by atoms with Crippen LogP contribution in [-0.2, 0) is 11.4 Å². The van der Waals surface area contributed by atoms with E-state index in [4.69, 9.17) is 21.7 Å². The largest absolute Gasteiger partial charge is 0.497 e. The molecular formula is C22H20N6O3S2. The second-order valence-corrected chi connectivity index (χ2v) is 8.64. The van der Waals surface area contributed by atoms with Gasteiger partial charge in [0.25, 0.3) is 5.91 Å². The molecule has 2 N–H and O–H groups in total. The molecule has 1 atom stereocenters. The Kier molecular flexibility index (Phi) is 5.88. The van der Waals surface area contributed by atoms with Crippen LogP contribution in [0.5, 0.6) is 11.5 Å². The lowest BCUT2D eigenvalue weighted by Crippen LogP contribution is -2.39. The normalized spacial score (nSPS) is 15.7. The highest BCUT2D eigenvalue weighted by Gasteiger charge is 2.38. The van der Waals surface area contributed by atoms with Crippen molar-refractivity contribution in [2.75, 3.05) is 17.9 Å². The number of hydrogen-bond donors (Lipinski definition) is 2. The molecule has 1 amide bonds. The molecule has 168 valence electrons. The summed E-state index contributed by atoms with van der Waals surface area (Å²) in [7, 11) is 1.63. The van der Waals surface area contributed by atoms with Gasteiger partial charge in [-0.2, -0.15) is 10.2 Å². The molecule has 11 heteroatoms. The third kappa shape index (κ3) is 4.12. The van der Waals surface area contributed by atoms with Crippen LogP contribution in [0.1, 0.15) is 16.8 Å². The first-order chi connectivity index (χ1) is 16.2. The average molecular weight is 481 g/mol. The first kappa shape index (κ1) is 21.3. The molecule has 2 aromatic carbocycles. The van der Waals surface area contributed by atoms with E-state index < -0.39 is 0 Å². The SMILES string of the molecule is COc1ccc(-c2[nH]ncc2C2SCC(=O)N2n2c(COc3ccccc3)n[nH]c2=S)cc1. The number of nitrogens with zero attached hydrogens (tertiary/aromatic N) is 4. The fourth-order valence-electron chi connectivity index (χ4n) is 3.63. The van der Waals surface area contributed by atoms with Gasteiger partial charge in [-0.3, -0.25) is 15.0 Å². The molecule has 0 saturated carbocycles. The van der Waals surface area contributed by atoms with Gasteiger partial charge in [-0.05, 0) is 48.6 Å². The van der Waals surface area contributed by atoms with Crippen molar-refractivity contribution in [3.63, 3.8) is 0 Å². The minimum atomic E-state index is -0.340. The third-order valence-electron chi connectivity index (χ3n) is 5.20. The van der Waals surface area contributed by atoms with Crippen LogP contribution in [0.2, 0.25) is 0 Å². The molecule has 0 bridgehead atoms. The average Bonchev–Trinajstić information content (AvgIpc) is 3.57. The standard InChI is InChI=1S/C22H20N6O3S2/c1-30-15-9-7-14(8-10-15)20-17(11-23-25-20)21-28(19(29)13-33-21)27-18(24-26-22(27)32)12-31-16-5-3-2-4-6-16/h2-11,21H,12-13H2,1H3,(H,23,25)(H,26,32). The Bertz CT molecular complexity index is 1320. The van der Waals surface area contributed by atoms with Crippen LogP contribution in [0, 0.1) is 4.77 Å². The summed E-state index contributed by atoms with van der Waals surface area (Å²) in [6, 6.07) is 17.1. The van der Waals surface area contributed by atoms with Crippen molar-refractivity contribution < 1.29 is 14.3 Å². The first-order valence-electron chi connectivity index (χ1n) is 10.1. The number of aromatic nitrogens is 5. The number of thioether (sulfide) groups is 1. The van der Waals surface area contributed by atoms with E-state index in [1.807, 2.05) is 54.6 Å². The van der Waals surface area contributed by atoms with Gasteiger partial charge >= 0.3 is 0 Å². The number of carbonyl (C=O) groups is 1. The number of carbonyl (C=O) groups excluding carboxylic acids is 1. The Morgan fingerprint density at radius 1 is 1.12 bits per heavy atom. The molecule has 1 saturated heterocycles. The Labute approximate surface area is 198 Å². The quantitative estimate of drug-likeness (QED) is 0.388. The van der Waals surface area contributed by atoms with Crippen LogP contribution < -0.4 is 14.5 Å². The van der Waals surface area contributed by atoms with E-state index in [0.29, 0.717) is 22.1 Å². The van der Waals surface area contributed by atoms with Gasteiger partial charge in [-0.25, -0.2) is 9.69 Å². The van der Waals surface area contributed by atoms with Crippen molar-refractivity contribution in [2.45, 2.75) is 12.0 Å². The summed E-state index contributed by atoms with van der Waals surface area (Å²) in [5.74, 6) is 2.20. The van der Waals surface area contributed by atoms with Gasteiger partial charge in [0.2, 0.25) is 4.77 Å². The van der Waals surface area contributed by atoms with Crippen LogP contribution >= 0.6 is 24.0 Å². The van der Waals surface area contributed by atoms with E-state index in [9.17, 15) is 4.79 Å². The summed E-state index contributed by atoms with van der Waals surface area (Å²) in [5.41, 5.74) is 2.63. The maximum atomic E-state index is 13.0. The van der Waals surface area contributed by atoms with Crippen molar-refractivity contribution in [2.24, 2.45) is 0 Å². The topological polar surface area (TPSA) is 101 Å². The number of amides is 1. The second-order valence-electron chi connectivity index (χ2n) is 7.19.